The van der Waals surface area contributed by atoms with Gasteiger partial charge < -0.3 is 11.1 Å². The van der Waals surface area contributed by atoms with E-state index in [9.17, 15) is 18.0 Å². The molecule has 0 aromatic rings. The number of hydrogen-bond acceptors (Lipinski definition) is 2. The van der Waals surface area contributed by atoms with Gasteiger partial charge in [-0.2, -0.15) is 13.2 Å². The maximum Gasteiger partial charge on any atom is 0.393 e. The Morgan fingerprint density at radius 3 is 2.42 bits per heavy atom. The molecule has 3 nitrogen and oxygen atoms in total. The van der Waals surface area contributed by atoms with Crippen molar-refractivity contribution >= 4 is 5.91 Å². The first kappa shape index (κ1) is 16.3. The van der Waals surface area contributed by atoms with Gasteiger partial charge in [-0.1, -0.05) is 26.7 Å². The van der Waals surface area contributed by atoms with Crippen molar-refractivity contribution < 1.29 is 18.0 Å². The van der Waals surface area contributed by atoms with E-state index in [0.717, 1.165) is 6.42 Å². The van der Waals surface area contributed by atoms with Gasteiger partial charge in [-0.15, -0.1) is 0 Å². The lowest BCUT2D eigenvalue weighted by Crippen LogP contribution is -2.52. The van der Waals surface area contributed by atoms with E-state index < -0.39 is 30.1 Å². The van der Waals surface area contributed by atoms with E-state index in [1.54, 1.807) is 0 Å². The van der Waals surface area contributed by atoms with E-state index in [-0.39, 0.29) is 12.3 Å². The van der Waals surface area contributed by atoms with Gasteiger partial charge in [0.25, 0.3) is 0 Å². The Labute approximate surface area is 112 Å². The standard InChI is InChI=1S/C13H23F3N2O/c1-8(2)7-10(17)12(19)18-11-6-4-3-5-9(11)13(14,15)16/h8-11H,3-7,17H2,1-2H3,(H,18,19)/t9?,10-,11?/m1/s1. The van der Waals surface area contributed by atoms with Crippen molar-refractivity contribution in [2.24, 2.45) is 17.6 Å². The van der Waals surface area contributed by atoms with Crippen LogP contribution in [-0.2, 0) is 4.79 Å². The van der Waals surface area contributed by atoms with Gasteiger partial charge in [0.15, 0.2) is 0 Å². The molecular formula is C13H23F3N2O. The summed E-state index contributed by atoms with van der Waals surface area (Å²) in [6.07, 6.45) is -2.01. The Bertz CT molecular complexity index is 305. The molecule has 1 aliphatic rings. The van der Waals surface area contributed by atoms with E-state index >= 15 is 0 Å². The summed E-state index contributed by atoms with van der Waals surface area (Å²) in [7, 11) is 0. The fraction of sp³-hybridized carbons (Fsp3) is 0.923. The molecule has 6 heteroatoms. The Morgan fingerprint density at radius 1 is 1.32 bits per heavy atom. The quantitative estimate of drug-likeness (QED) is 0.831. The van der Waals surface area contributed by atoms with Crippen molar-refractivity contribution in [2.45, 2.75) is 64.2 Å². The van der Waals surface area contributed by atoms with Crippen molar-refractivity contribution in [2.75, 3.05) is 0 Å². The molecule has 0 bridgehead atoms. The third-order valence-electron chi connectivity index (χ3n) is 3.58. The van der Waals surface area contributed by atoms with Gasteiger partial charge in [0.2, 0.25) is 5.91 Å². The number of alkyl halides is 3. The van der Waals surface area contributed by atoms with Crippen LogP contribution in [0.4, 0.5) is 13.2 Å². The maximum absolute atomic E-state index is 12.9. The molecule has 112 valence electrons. The second kappa shape index (κ2) is 6.59. The topological polar surface area (TPSA) is 55.1 Å². The molecule has 0 spiro atoms. The van der Waals surface area contributed by atoms with Crippen LogP contribution in [0.1, 0.15) is 46.0 Å². The number of nitrogens with one attached hydrogen (secondary N) is 1. The number of rotatable bonds is 4. The lowest BCUT2D eigenvalue weighted by molar-refractivity contribution is -0.189. The molecule has 0 heterocycles. The van der Waals surface area contributed by atoms with Crippen molar-refractivity contribution in [3.8, 4) is 0 Å². The van der Waals surface area contributed by atoms with Crippen LogP contribution in [0.15, 0.2) is 0 Å². The summed E-state index contributed by atoms with van der Waals surface area (Å²) < 4.78 is 38.6. The zero-order valence-electron chi connectivity index (χ0n) is 11.5. The highest BCUT2D eigenvalue weighted by Crippen LogP contribution is 2.37. The zero-order chi connectivity index (χ0) is 14.6. The Hall–Kier alpha value is -0.780. The fourth-order valence-electron chi connectivity index (χ4n) is 2.60. The van der Waals surface area contributed by atoms with Gasteiger partial charge >= 0.3 is 6.18 Å². The van der Waals surface area contributed by atoms with Crippen LogP contribution in [0.5, 0.6) is 0 Å². The average Bonchev–Trinajstić information content (AvgIpc) is 2.27. The first-order chi connectivity index (χ1) is 8.71. The van der Waals surface area contributed by atoms with Crippen molar-refractivity contribution in [1.29, 1.82) is 0 Å². The van der Waals surface area contributed by atoms with E-state index in [0.29, 0.717) is 19.3 Å². The lowest BCUT2D eigenvalue weighted by atomic mass is 9.83. The molecular weight excluding hydrogens is 257 g/mol. The predicted octanol–water partition coefficient (Wildman–Crippen LogP) is 2.60. The van der Waals surface area contributed by atoms with Gasteiger partial charge in [-0.05, 0) is 25.2 Å². The summed E-state index contributed by atoms with van der Waals surface area (Å²) >= 11 is 0. The molecule has 1 saturated carbocycles. The molecule has 0 aromatic carbocycles. The molecule has 1 rings (SSSR count). The van der Waals surface area contributed by atoms with E-state index in [4.69, 9.17) is 5.73 Å². The highest BCUT2D eigenvalue weighted by atomic mass is 19.4. The van der Waals surface area contributed by atoms with E-state index in [1.165, 1.54) is 0 Å². The third kappa shape index (κ3) is 5.01. The molecule has 0 radical (unpaired) electrons. The summed E-state index contributed by atoms with van der Waals surface area (Å²) in [6.45, 7) is 3.85. The van der Waals surface area contributed by atoms with Crippen LogP contribution < -0.4 is 11.1 Å². The Balaban J connectivity index is 2.60. The Kier molecular flexibility index (Phi) is 5.64. The van der Waals surface area contributed by atoms with E-state index in [1.807, 2.05) is 13.8 Å². The number of amides is 1. The molecule has 3 atom stereocenters. The minimum absolute atomic E-state index is 0.0911. The number of hydrogen-bond donors (Lipinski definition) is 2. The summed E-state index contributed by atoms with van der Waals surface area (Å²) in [5.41, 5.74) is 5.70. The first-order valence-corrected chi connectivity index (χ1v) is 6.84. The summed E-state index contributed by atoms with van der Waals surface area (Å²) in [5.74, 6) is -1.66. The summed E-state index contributed by atoms with van der Waals surface area (Å²) in [4.78, 5) is 11.8. The van der Waals surface area contributed by atoms with Crippen molar-refractivity contribution in [3.05, 3.63) is 0 Å². The molecule has 1 aliphatic carbocycles. The molecule has 19 heavy (non-hydrogen) atoms. The molecule has 0 aromatic heterocycles. The number of carbonyl (C=O) groups excluding carboxylic acids is 1. The minimum Gasteiger partial charge on any atom is -0.351 e. The highest BCUT2D eigenvalue weighted by molar-refractivity contribution is 5.81. The largest absolute Gasteiger partial charge is 0.393 e. The van der Waals surface area contributed by atoms with Crippen LogP contribution >= 0.6 is 0 Å². The van der Waals surface area contributed by atoms with Crippen LogP contribution in [0.2, 0.25) is 0 Å². The lowest BCUT2D eigenvalue weighted by Gasteiger charge is -2.34. The van der Waals surface area contributed by atoms with E-state index in [2.05, 4.69) is 5.32 Å². The Morgan fingerprint density at radius 2 is 1.89 bits per heavy atom. The number of carbonyl (C=O) groups is 1. The van der Waals surface area contributed by atoms with Gasteiger partial charge in [-0.25, -0.2) is 0 Å². The second-order valence-electron chi connectivity index (χ2n) is 5.78. The van der Waals surface area contributed by atoms with Crippen LogP contribution in [-0.4, -0.2) is 24.2 Å². The average molecular weight is 280 g/mol. The van der Waals surface area contributed by atoms with Gasteiger partial charge in [0.1, 0.15) is 0 Å². The SMILES string of the molecule is CC(C)C[C@@H](N)C(=O)NC1CCCCC1C(F)(F)F. The second-order valence-corrected chi connectivity index (χ2v) is 5.78. The molecule has 0 saturated heterocycles. The highest BCUT2D eigenvalue weighted by Gasteiger charge is 2.46. The molecule has 2 unspecified atom stereocenters. The number of halogens is 3. The summed E-state index contributed by atoms with van der Waals surface area (Å²) in [6, 6.07) is -1.55. The zero-order valence-corrected chi connectivity index (χ0v) is 11.5. The first-order valence-electron chi connectivity index (χ1n) is 6.84. The maximum atomic E-state index is 12.9. The van der Waals surface area contributed by atoms with Gasteiger partial charge in [0, 0.05) is 6.04 Å². The fourth-order valence-corrected chi connectivity index (χ4v) is 2.60. The smallest absolute Gasteiger partial charge is 0.351 e. The van der Waals surface area contributed by atoms with Crippen molar-refractivity contribution in [3.63, 3.8) is 0 Å². The van der Waals surface area contributed by atoms with Crippen LogP contribution in [0.3, 0.4) is 0 Å². The monoisotopic (exact) mass is 280 g/mol. The van der Waals surface area contributed by atoms with Crippen molar-refractivity contribution in [1.82, 2.24) is 5.32 Å². The molecule has 1 fully saturated rings. The van der Waals surface area contributed by atoms with Gasteiger partial charge in [-0.3, -0.25) is 4.79 Å². The van der Waals surface area contributed by atoms with Crippen LogP contribution in [0, 0.1) is 11.8 Å². The molecule has 3 N–H and O–H groups in total. The summed E-state index contributed by atoms with van der Waals surface area (Å²) in [5, 5.41) is 2.50. The molecule has 0 aliphatic heterocycles. The molecule has 1 amide bonds. The van der Waals surface area contributed by atoms with Gasteiger partial charge in [0.05, 0.1) is 12.0 Å². The third-order valence-corrected chi connectivity index (χ3v) is 3.58. The van der Waals surface area contributed by atoms with Crippen LogP contribution in [0.25, 0.3) is 0 Å². The number of nitrogens with two attached hydrogens (primary N) is 1. The normalized spacial score (nSPS) is 26.3. The predicted molar refractivity (Wildman–Crippen MR) is 67.4 cm³/mol. The minimum atomic E-state index is -4.25.